The number of ether oxygens (including phenoxy) is 2. The summed E-state index contributed by atoms with van der Waals surface area (Å²) < 4.78 is 11.9. The van der Waals surface area contributed by atoms with E-state index in [1.165, 1.54) is 16.0 Å². The van der Waals surface area contributed by atoms with E-state index in [0.29, 0.717) is 6.42 Å². The Bertz CT molecular complexity index is 732. The summed E-state index contributed by atoms with van der Waals surface area (Å²) >= 11 is 1.76. The fourth-order valence-corrected chi connectivity index (χ4v) is 5.09. The quantitative estimate of drug-likeness (QED) is 0.787. The lowest BCUT2D eigenvalue weighted by Gasteiger charge is -2.48. The van der Waals surface area contributed by atoms with Crippen molar-refractivity contribution in [3.8, 4) is 0 Å². The smallest absolute Gasteiger partial charge is 0.163 e. The Balaban J connectivity index is 1.58. The second kappa shape index (κ2) is 7.00. The molecule has 2 aromatic rings. The van der Waals surface area contributed by atoms with Crippen LogP contribution < -0.4 is 0 Å². The molecule has 3 unspecified atom stereocenters. The SMILES string of the molecule is COC1Cc2sccc2C2(CCN(Cc3ccccc3)C(C=O)C2)O1. The van der Waals surface area contributed by atoms with Crippen LogP contribution in [0.3, 0.4) is 0 Å². The third-order valence-electron chi connectivity index (χ3n) is 5.40. The molecule has 0 N–H and O–H groups in total. The zero-order valence-electron chi connectivity index (χ0n) is 14.4. The van der Waals surface area contributed by atoms with Crippen LogP contribution in [0.2, 0.25) is 0 Å². The first kappa shape index (κ1) is 16.9. The molecule has 3 atom stereocenters. The van der Waals surface area contributed by atoms with Gasteiger partial charge in [-0.3, -0.25) is 4.90 Å². The summed E-state index contributed by atoms with van der Waals surface area (Å²) in [5.41, 5.74) is 2.10. The number of hydrogen-bond acceptors (Lipinski definition) is 5. The standard InChI is InChI=1S/C20H23NO3S/c1-23-19-11-18-17(7-10-25-18)20(24-19)8-9-21(16(12-20)14-22)13-15-5-3-2-4-6-15/h2-7,10,14,16,19H,8-9,11-13H2,1H3. The highest BCUT2D eigenvalue weighted by Crippen LogP contribution is 2.46. The summed E-state index contributed by atoms with van der Waals surface area (Å²) in [6.07, 6.45) is 3.22. The predicted molar refractivity (Wildman–Crippen MR) is 97.5 cm³/mol. The van der Waals surface area contributed by atoms with Crippen LogP contribution in [0.5, 0.6) is 0 Å². The van der Waals surface area contributed by atoms with Crippen molar-refractivity contribution in [1.29, 1.82) is 0 Å². The molecule has 25 heavy (non-hydrogen) atoms. The van der Waals surface area contributed by atoms with E-state index in [-0.39, 0.29) is 12.3 Å². The summed E-state index contributed by atoms with van der Waals surface area (Å²) in [5.74, 6) is 0. The Morgan fingerprint density at radius 2 is 2.20 bits per heavy atom. The molecule has 1 saturated heterocycles. The molecule has 0 radical (unpaired) electrons. The molecule has 0 bridgehead atoms. The van der Waals surface area contributed by atoms with Gasteiger partial charge in [0.25, 0.3) is 0 Å². The van der Waals surface area contributed by atoms with E-state index < -0.39 is 5.60 Å². The maximum atomic E-state index is 11.9. The Labute approximate surface area is 152 Å². The number of hydrogen-bond donors (Lipinski definition) is 0. The molecule has 132 valence electrons. The fourth-order valence-electron chi connectivity index (χ4n) is 4.10. The van der Waals surface area contributed by atoms with Crippen LogP contribution >= 0.6 is 11.3 Å². The Kier molecular flexibility index (Phi) is 4.73. The van der Waals surface area contributed by atoms with E-state index in [1.807, 2.05) is 18.2 Å². The minimum absolute atomic E-state index is 0.141. The monoisotopic (exact) mass is 357 g/mol. The van der Waals surface area contributed by atoms with Crippen LogP contribution in [0.1, 0.15) is 28.8 Å². The molecule has 1 aromatic heterocycles. The van der Waals surface area contributed by atoms with E-state index in [9.17, 15) is 4.79 Å². The van der Waals surface area contributed by atoms with E-state index in [4.69, 9.17) is 9.47 Å². The maximum Gasteiger partial charge on any atom is 0.163 e. The van der Waals surface area contributed by atoms with Gasteiger partial charge < -0.3 is 14.3 Å². The zero-order chi connectivity index (χ0) is 17.3. The molecular weight excluding hydrogens is 334 g/mol. The number of likely N-dealkylation sites (tertiary alicyclic amines) is 1. The van der Waals surface area contributed by atoms with Crippen LogP contribution in [0, 0.1) is 0 Å². The highest BCUT2D eigenvalue weighted by atomic mass is 32.1. The third-order valence-corrected chi connectivity index (χ3v) is 6.35. The molecular formula is C20H23NO3S. The Morgan fingerprint density at radius 3 is 2.96 bits per heavy atom. The second-order valence-electron chi connectivity index (χ2n) is 6.85. The first-order valence-electron chi connectivity index (χ1n) is 8.75. The van der Waals surface area contributed by atoms with Gasteiger partial charge in [-0.05, 0) is 29.0 Å². The molecule has 2 aliphatic rings. The summed E-state index contributed by atoms with van der Waals surface area (Å²) in [6.45, 7) is 1.63. The number of carbonyl (C=O) groups is 1. The first-order chi connectivity index (χ1) is 12.2. The molecule has 0 aliphatic carbocycles. The van der Waals surface area contributed by atoms with E-state index in [1.54, 1.807) is 18.4 Å². The minimum atomic E-state index is -0.396. The van der Waals surface area contributed by atoms with Crippen molar-refractivity contribution in [2.75, 3.05) is 13.7 Å². The number of piperidine rings is 1. The summed E-state index contributed by atoms with van der Waals surface area (Å²) in [7, 11) is 1.69. The van der Waals surface area contributed by atoms with Gasteiger partial charge in [-0.25, -0.2) is 0 Å². The van der Waals surface area contributed by atoms with Gasteiger partial charge in [0.2, 0.25) is 0 Å². The zero-order valence-corrected chi connectivity index (χ0v) is 15.2. The van der Waals surface area contributed by atoms with Crippen molar-refractivity contribution in [2.45, 2.75) is 43.7 Å². The van der Waals surface area contributed by atoms with Crippen molar-refractivity contribution >= 4 is 17.6 Å². The van der Waals surface area contributed by atoms with Crippen LogP contribution in [0.15, 0.2) is 41.8 Å². The van der Waals surface area contributed by atoms with Crippen LogP contribution in [-0.4, -0.2) is 37.2 Å². The lowest BCUT2D eigenvalue weighted by Crippen LogP contribution is -2.53. The number of aldehydes is 1. The number of thiophene rings is 1. The van der Waals surface area contributed by atoms with Gasteiger partial charge in [0.05, 0.1) is 6.04 Å². The summed E-state index contributed by atoms with van der Waals surface area (Å²) in [6, 6.07) is 12.4. The van der Waals surface area contributed by atoms with Crippen LogP contribution in [0.25, 0.3) is 0 Å². The Morgan fingerprint density at radius 1 is 1.36 bits per heavy atom. The van der Waals surface area contributed by atoms with E-state index in [2.05, 4.69) is 28.5 Å². The summed E-state index contributed by atoms with van der Waals surface area (Å²) in [5, 5.41) is 2.13. The average molecular weight is 357 g/mol. The highest BCUT2D eigenvalue weighted by molar-refractivity contribution is 7.10. The van der Waals surface area contributed by atoms with Crippen molar-refractivity contribution in [3.63, 3.8) is 0 Å². The fraction of sp³-hybridized carbons (Fsp3) is 0.450. The van der Waals surface area contributed by atoms with Gasteiger partial charge in [-0.2, -0.15) is 0 Å². The lowest BCUT2D eigenvalue weighted by atomic mass is 9.79. The van der Waals surface area contributed by atoms with Gasteiger partial charge in [-0.15, -0.1) is 11.3 Å². The van der Waals surface area contributed by atoms with Crippen molar-refractivity contribution < 1.29 is 14.3 Å². The number of rotatable bonds is 4. The number of nitrogens with zero attached hydrogens (tertiary/aromatic N) is 1. The van der Waals surface area contributed by atoms with Gasteiger partial charge in [0.1, 0.15) is 11.9 Å². The Hall–Kier alpha value is -1.53. The molecule has 4 rings (SSSR count). The molecule has 1 fully saturated rings. The number of methoxy groups -OCH3 is 1. The summed E-state index contributed by atoms with van der Waals surface area (Å²) in [4.78, 5) is 15.5. The topological polar surface area (TPSA) is 38.8 Å². The number of benzene rings is 1. The van der Waals surface area contributed by atoms with Crippen molar-refractivity contribution in [1.82, 2.24) is 4.90 Å². The molecule has 2 aliphatic heterocycles. The number of fused-ring (bicyclic) bond motifs is 2. The van der Waals surface area contributed by atoms with Crippen molar-refractivity contribution in [3.05, 3.63) is 57.8 Å². The first-order valence-corrected chi connectivity index (χ1v) is 9.63. The highest BCUT2D eigenvalue weighted by Gasteiger charge is 2.47. The van der Waals surface area contributed by atoms with Crippen LogP contribution in [-0.2, 0) is 32.8 Å². The van der Waals surface area contributed by atoms with E-state index in [0.717, 1.165) is 32.2 Å². The molecule has 0 saturated carbocycles. The average Bonchev–Trinajstić information content (AvgIpc) is 3.13. The normalized spacial score (nSPS) is 29.5. The second-order valence-corrected chi connectivity index (χ2v) is 7.85. The van der Waals surface area contributed by atoms with Crippen LogP contribution in [0.4, 0.5) is 0 Å². The molecule has 3 heterocycles. The number of carbonyl (C=O) groups excluding carboxylic acids is 1. The maximum absolute atomic E-state index is 11.9. The van der Waals surface area contributed by atoms with Crippen molar-refractivity contribution in [2.24, 2.45) is 0 Å². The molecule has 0 amide bonds. The van der Waals surface area contributed by atoms with Gasteiger partial charge in [0, 0.05) is 37.9 Å². The van der Waals surface area contributed by atoms with Gasteiger partial charge in [0.15, 0.2) is 6.29 Å². The molecule has 1 spiro atoms. The van der Waals surface area contributed by atoms with E-state index >= 15 is 0 Å². The molecule has 5 heteroatoms. The lowest BCUT2D eigenvalue weighted by molar-refractivity contribution is -0.231. The largest absolute Gasteiger partial charge is 0.355 e. The third kappa shape index (κ3) is 3.17. The molecule has 4 nitrogen and oxygen atoms in total. The molecule has 1 aromatic carbocycles. The minimum Gasteiger partial charge on any atom is -0.355 e. The van der Waals surface area contributed by atoms with Gasteiger partial charge >= 0.3 is 0 Å². The van der Waals surface area contributed by atoms with Gasteiger partial charge in [-0.1, -0.05) is 30.3 Å². The predicted octanol–water partition coefficient (Wildman–Crippen LogP) is 3.35.